The monoisotopic (exact) mass is 749 g/mol. The number of anilines is 1. The standard InChI is InChI=1S/C29H28ClN7O11S2/c1-4-36-8-11(21(40)17-13(36)5-14(38)22(41)18(17)30)23(42)32-7-10-20(26(44)45)37-15(39)6-16(37)50-25(10)34-24(43)19(12-9-49-28(31)33-12)35-48-29(2,3)27(46)47/h5,8-9,16,25,38,41H,4,6-7H2,1-3H3,(H2,31,33)(H,32,42)(H,34,43)(H,44,45)(H,46,47)/b35-19-/t16-,25?/m1/s1. The molecule has 3 amide bonds. The van der Waals surface area contributed by atoms with Crippen LogP contribution < -0.4 is 21.8 Å². The van der Waals surface area contributed by atoms with E-state index >= 15 is 0 Å². The average molecular weight is 750 g/mol. The fourth-order valence-electron chi connectivity index (χ4n) is 4.98. The molecule has 3 aromatic rings. The number of nitrogens with one attached hydrogen (secondary N) is 2. The van der Waals surface area contributed by atoms with Crippen LogP contribution in [0, 0.1) is 0 Å². The predicted octanol–water partition coefficient (Wildman–Crippen LogP) is 1.22. The number of carbonyl (C=O) groups is 5. The van der Waals surface area contributed by atoms with Gasteiger partial charge in [-0.2, -0.15) is 0 Å². The molecule has 0 radical (unpaired) electrons. The zero-order chi connectivity index (χ0) is 36.8. The largest absolute Gasteiger partial charge is 0.504 e. The van der Waals surface area contributed by atoms with Crippen LogP contribution in [0.3, 0.4) is 0 Å². The number of carboxylic acids is 2. The lowest BCUT2D eigenvalue weighted by molar-refractivity contribution is -0.161. The highest BCUT2D eigenvalue weighted by Gasteiger charge is 2.49. The van der Waals surface area contributed by atoms with Crippen molar-refractivity contribution in [2.45, 2.75) is 50.1 Å². The van der Waals surface area contributed by atoms with Gasteiger partial charge in [-0.1, -0.05) is 16.8 Å². The summed E-state index contributed by atoms with van der Waals surface area (Å²) in [5, 5.41) is 47.4. The molecule has 2 aromatic heterocycles. The number of carboxylic acid groups (broad SMARTS) is 2. The number of phenolic OH excluding ortho intramolecular Hbond substituents is 2. The lowest BCUT2D eigenvalue weighted by Gasteiger charge is -2.46. The SMILES string of the molecule is CCn1cc(C(=O)NCC2=C(C(=O)O)N3C(=O)C[C@H]3SC2NC(=O)/C(=N\OC(C)(C)C(=O)O)c2csc(N)n2)c(=O)c2c(Cl)c(O)c(O)cc21. The van der Waals surface area contributed by atoms with Gasteiger partial charge in [0.25, 0.3) is 11.8 Å². The number of fused-ring (bicyclic) bond motifs is 2. The Bertz CT molecular complexity index is 2110. The molecule has 50 heavy (non-hydrogen) atoms. The van der Waals surface area contributed by atoms with E-state index in [2.05, 4.69) is 20.8 Å². The topological polar surface area (TPSA) is 276 Å². The third-order valence-corrected chi connectivity index (χ3v) is 10.1. The summed E-state index contributed by atoms with van der Waals surface area (Å²) in [5.41, 5.74) is 1.42. The Hall–Kier alpha value is -5.34. The number of halogens is 1. The van der Waals surface area contributed by atoms with Crippen LogP contribution in [0.2, 0.25) is 5.02 Å². The van der Waals surface area contributed by atoms with Crippen LogP contribution >= 0.6 is 34.7 Å². The Morgan fingerprint density at radius 3 is 2.50 bits per heavy atom. The number of thiazole rings is 1. The van der Waals surface area contributed by atoms with Crippen LogP contribution in [0.1, 0.15) is 43.2 Å². The number of oxime groups is 1. The number of aromatic nitrogens is 2. The van der Waals surface area contributed by atoms with Crippen molar-refractivity contribution < 1.29 is 49.2 Å². The number of nitrogens with two attached hydrogens (primary N) is 1. The molecule has 2 aliphatic rings. The highest BCUT2D eigenvalue weighted by Crippen LogP contribution is 2.43. The van der Waals surface area contributed by atoms with E-state index in [1.54, 1.807) is 6.92 Å². The Morgan fingerprint density at radius 1 is 1.22 bits per heavy atom. The summed E-state index contributed by atoms with van der Waals surface area (Å²) in [6, 6.07) is 1.12. The molecular weight excluding hydrogens is 722 g/mol. The molecule has 1 unspecified atom stereocenters. The minimum absolute atomic E-state index is 0.0502. The first-order chi connectivity index (χ1) is 23.5. The number of hydrogen-bond acceptors (Lipinski definition) is 14. The third kappa shape index (κ3) is 6.51. The van der Waals surface area contributed by atoms with E-state index in [0.717, 1.165) is 34.1 Å². The van der Waals surface area contributed by atoms with Crippen molar-refractivity contribution >= 4 is 86.1 Å². The summed E-state index contributed by atoms with van der Waals surface area (Å²) in [4.78, 5) is 87.5. The van der Waals surface area contributed by atoms with Gasteiger partial charge in [0.15, 0.2) is 22.3 Å². The van der Waals surface area contributed by atoms with Crippen LogP contribution in [0.5, 0.6) is 11.5 Å². The van der Waals surface area contributed by atoms with E-state index in [9.17, 15) is 49.2 Å². The molecule has 0 spiro atoms. The van der Waals surface area contributed by atoms with Crippen LogP contribution in [0.25, 0.3) is 10.9 Å². The molecule has 2 atom stereocenters. The molecule has 1 aromatic carbocycles. The van der Waals surface area contributed by atoms with Crippen LogP contribution in [-0.4, -0.2) is 93.1 Å². The van der Waals surface area contributed by atoms with Gasteiger partial charge in [0.1, 0.15) is 22.3 Å². The molecule has 0 aliphatic carbocycles. The number of pyridine rings is 1. The zero-order valence-corrected chi connectivity index (χ0v) is 28.6. The average Bonchev–Trinajstić information content (AvgIpc) is 3.47. The molecule has 21 heteroatoms. The van der Waals surface area contributed by atoms with Gasteiger partial charge in [0.05, 0.1) is 27.7 Å². The van der Waals surface area contributed by atoms with E-state index in [0.29, 0.717) is 0 Å². The first kappa shape index (κ1) is 36.0. The summed E-state index contributed by atoms with van der Waals surface area (Å²) >= 11 is 8.12. The zero-order valence-electron chi connectivity index (χ0n) is 26.2. The molecule has 5 rings (SSSR count). The molecule has 18 nitrogen and oxygen atoms in total. The van der Waals surface area contributed by atoms with Crippen LogP contribution in [0.4, 0.5) is 5.13 Å². The van der Waals surface area contributed by atoms with Gasteiger partial charge in [0.2, 0.25) is 16.9 Å². The first-order valence-electron chi connectivity index (χ1n) is 14.5. The maximum absolute atomic E-state index is 13.7. The number of aromatic hydroxyl groups is 2. The summed E-state index contributed by atoms with van der Waals surface area (Å²) in [6.45, 7) is 3.68. The van der Waals surface area contributed by atoms with E-state index in [4.69, 9.17) is 22.2 Å². The van der Waals surface area contributed by atoms with Gasteiger partial charge >= 0.3 is 11.9 Å². The number of phenols is 2. The molecule has 8 N–H and O–H groups in total. The second-order valence-electron chi connectivity index (χ2n) is 11.3. The number of benzene rings is 1. The minimum Gasteiger partial charge on any atom is -0.504 e. The van der Waals surface area contributed by atoms with Gasteiger partial charge < -0.3 is 46.2 Å². The van der Waals surface area contributed by atoms with Gasteiger partial charge in [0, 0.05) is 36.3 Å². The van der Waals surface area contributed by atoms with Gasteiger partial charge in [-0.15, -0.1) is 23.1 Å². The van der Waals surface area contributed by atoms with E-state index in [1.165, 1.54) is 30.0 Å². The predicted molar refractivity (Wildman–Crippen MR) is 180 cm³/mol. The number of nitrogens with zero attached hydrogens (tertiary/aromatic N) is 4. The molecule has 264 valence electrons. The van der Waals surface area contributed by atoms with Crippen LogP contribution in [0.15, 0.2) is 38.9 Å². The normalized spacial score (nSPS) is 17.6. The number of β-lactam (4-membered cyclic amide) rings is 1. The molecule has 0 bridgehead atoms. The van der Waals surface area contributed by atoms with Gasteiger partial charge in [-0.25, -0.2) is 14.6 Å². The smallest absolute Gasteiger partial charge is 0.352 e. The quantitative estimate of drug-likeness (QED) is 0.0629. The van der Waals surface area contributed by atoms with E-state index < -0.39 is 91.5 Å². The lowest BCUT2D eigenvalue weighted by atomic mass is 10.1. The molecule has 4 heterocycles. The number of thioether (sulfide) groups is 1. The fraction of sp³-hybridized carbons (Fsp3) is 0.310. The Morgan fingerprint density at radius 2 is 1.92 bits per heavy atom. The maximum Gasteiger partial charge on any atom is 0.352 e. The van der Waals surface area contributed by atoms with Crippen molar-refractivity contribution in [1.82, 2.24) is 25.1 Å². The second-order valence-corrected chi connectivity index (χ2v) is 13.9. The Balaban J connectivity index is 1.51. The summed E-state index contributed by atoms with van der Waals surface area (Å²) in [6.07, 6.45) is 1.15. The fourth-order valence-corrected chi connectivity index (χ4v) is 7.24. The second kappa shape index (κ2) is 13.5. The van der Waals surface area contributed by atoms with Gasteiger partial charge in [-0.3, -0.25) is 24.1 Å². The molecule has 1 fully saturated rings. The van der Waals surface area contributed by atoms with Crippen LogP contribution in [-0.2, 0) is 30.6 Å². The van der Waals surface area contributed by atoms with E-state index in [-0.39, 0.29) is 40.3 Å². The third-order valence-electron chi connectivity index (χ3n) is 7.68. The minimum atomic E-state index is -1.87. The number of hydrogen-bond donors (Lipinski definition) is 7. The molecule has 2 aliphatic heterocycles. The van der Waals surface area contributed by atoms with Crippen molar-refractivity contribution in [2.24, 2.45) is 5.16 Å². The highest BCUT2D eigenvalue weighted by atomic mass is 35.5. The Labute approximate surface area is 294 Å². The van der Waals surface area contributed by atoms with Crippen molar-refractivity contribution in [2.75, 3.05) is 12.3 Å². The summed E-state index contributed by atoms with van der Waals surface area (Å²) in [7, 11) is 0. The Kier molecular flexibility index (Phi) is 9.72. The number of amides is 3. The van der Waals surface area contributed by atoms with Crippen molar-refractivity contribution in [1.29, 1.82) is 0 Å². The summed E-state index contributed by atoms with van der Waals surface area (Å²) < 4.78 is 1.43. The number of rotatable bonds is 11. The number of aryl methyl sites for hydroxylation is 1. The summed E-state index contributed by atoms with van der Waals surface area (Å²) in [5.74, 6) is -6.77. The van der Waals surface area contributed by atoms with Crippen molar-refractivity contribution in [3.63, 3.8) is 0 Å². The molecular formula is C29H28ClN7O11S2. The van der Waals surface area contributed by atoms with Crippen molar-refractivity contribution in [3.05, 3.63) is 55.4 Å². The van der Waals surface area contributed by atoms with Gasteiger partial charge in [-0.05, 0) is 20.8 Å². The van der Waals surface area contributed by atoms with E-state index in [1.807, 2.05) is 0 Å². The highest BCUT2D eigenvalue weighted by molar-refractivity contribution is 8.00. The molecule has 0 saturated carbocycles. The molecule has 1 saturated heterocycles. The van der Waals surface area contributed by atoms with Crippen molar-refractivity contribution in [3.8, 4) is 11.5 Å². The number of aliphatic carboxylic acids is 2. The lowest BCUT2D eigenvalue weighted by Crippen LogP contribution is -2.58. The first-order valence-corrected chi connectivity index (χ1v) is 16.7. The maximum atomic E-state index is 13.7. The number of nitrogen functional groups attached to an aromatic ring is 1. The number of carbonyl (C=O) groups excluding carboxylic acids is 3.